The Hall–Kier alpha value is -0.0800. The average Bonchev–Trinajstić information content (AvgIpc) is 2.04. The van der Waals surface area contributed by atoms with Gasteiger partial charge in [0.2, 0.25) is 0 Å². The highest BCUT2D eigenvalue weighted by molar-refractivity contribution is 5.02. The molecule has 2 heterocycles. The minimum Gasteiger partial charge on any atom is -0.381 e. The summed E-state index contributed by atoms with van der Waals surface area (Å²) >= 11 is 0. The summed E-state index contributed by atoms with van der Waals surface area (Å²) in [7, 11) is 0. The molecule has 2 aliphatic rings. The van der Waals surface area contributed by atoms with Crippen LogP contribution in [0, 0.1) is 5.92 Å². The molecule has 2 saturated heterocycles. The van der Waals surface area contributed by atoms with Crippen molar-refractivity contribution in [2.24, 2.45) is 5.92 Å². The predicted molar refractivity (Wildman–Crippen MR) is 40.0 cm³/mol. The number of hydrogen-bond acceptors (Lipinski definition) is 2. The van der Waals surface area contributed by atoms with Crippen LogP contribution < -0.4 is 5.32 Å². The van der Waals surface area contributed by atoms with Crippen LogP contribution >= 0.6 is 0 Å². The number of rotatable bonds is 0. The van der Waals surface area contributed by atoms with E-state index in [1.165, 1.54) is 19.4 Å². The third-order valence-electron chi connectivity index (χ3n) is 3.09. The molecule has 2 heteroatoms. The van der Waals surface area contributed by atoms with Crippen molar-refractivity contribution in [1.82, 2.24) is 5.32 Å². The number of ether oxygens (including phenoxy) is 1. The van der Waals surface area contributed by atoms with Crippen LogP contribution in [0.2, 0.25) is 0 Å². The predicted octanol–water partition coefficient (Wildman–Crippen LogP) is 0.775. The van der Waals surface area contributed by atoms with Crippen LogP contribution in [0.5, 0.6) is 0 Å². The second-order valence-corrected chi connectivity index (χ2v) is 3.55. The van der Waals surface area contributed by atoms with Crippen molar-refractivity contribution in [3.63, 3.8) is 0 Å². The van der Waals surface area contributed by atoms with E-state index in [1.54, 1.807) is 0 Å². The molecule has 0 aromatic rings. The van der Waals surface area contributed by atoms with Gasteiger partial charge in [-0.3, -0.25) is 0 Å². The van der Waals surface area contributed by atoms with Crippen molar-refractivity contribution in [2.45, 2.75) is 25.3 Å². The molecule has 0 saturated carbocycles. The first-order valence-electron chi connectivity index (χ1n) is 4.16. The first kappa shape index (κ1) is 6.62. The normalized spacial score (nSPS) is 37.5. The van der Waals surface area contributed by atoms with Gasteiger partial charge in [-0.15, -0.1) is 0 Å². The Balaban J connectivity index is 1.99. The highest BCUT2D eigenvalue weighted by Crippen LogP contribution is 2.34. The standard InChI is InChI=1S/C8H15NO/c1-7-6-9-8(7)2-4-10-5-3-8/h7,9H,2-6H2,1H3. The third-order valence-corrected chi connectivity index (χ3v) is 3.09. The maximum absolute atomic E-state index is 5.31. The monoisotopic (exact) mass is 141 g/mol. The lowest BCUT2D eigenvalue weighted by Gasteiger charge is -2.51. The summed E-state index contributed by atoms with van der Waals surface area (Å²) < 4.78 is 5.31. The fraction of sp³-hybridized carbons (Fsp3) is 1.00. The Morgan fingerprint density at radius 3 is 2.40 bits per heavy atom. The summed E-state index contributed by atoms with van der Waals surface area (Å²) in [5.41, 5.74) is 0.484. The zero-order valence-electron chi connectivity index (χ0n) is 6.52. The molecule has 2 rings (SSSR count). The molecule has 2 fully saturated rings. The quantitative estimate of drug-likeness (QED) is 0.538. The zero-order chi connectivity index (χ0) is 7.03. The first-order valence-corrected chi connectivity index (χ1v) is 4.16. The summed E-state index contributed by atoms with van der Waals surface area (Å²) in [6.45, 7) is 5.45. The van der Waals surface area contributed by atoms with E-state index in [4.69, 9.17) is 4.74 Å². The van der Waals surface area contributed by atoms with E-state index in [0.717, 1.165) is 19.1 Å². The summed E-state index contributed by atoms with van der Waals surface area (Å²) in [5.74, 6) is 0.872. The topological polar surface area (TPSA) is 21.3 Å². The summed E-state index contributed by atoms with van der Waals surface area (Å²) in [4.78, 5) is 0. The van der Waals surface area contributed by atoms with Gasteiger partial charge in [0.25, 0.3) is 0 Å². The molecule has 1 atom stereocenters. The molecular formula is C8H15NO. The molecule has 1 spiro atoms. The molecule has 0 aromatic carbocycles. The molecule has 58 valence electrons. The van der Waals surface area contributed by atoms with Gasteiger partial charge in [0.1, 0.15) is 0 Å². The van der Waals surface area contributed by atoms with Gasteiger partial charge in [-0.2, -0.15) is 0 Å². The maximum atomic E-state index is 5.31. The lowest BCUT2D eigenvalue weighted by atomic mass is 9.72. The van der Waals surface area contributed by atoms with E-state index in [9.17, 15) is 0 Å². The second kappa shape index (κ2) is 2.21. The van der Waals surface area contributed by atoms with E-state index in [-0.39, 0.29) is 0 Å². The molecule has 10 heavy (non-hydrogen) atoms. The van der Waals surface area contributed by atoms with Crippen LogP contribution in [0.25, 0.3) is 0 Å². The number of hydrogen-bond donors (Lipinski definition) is 1. The van der Waals surface area contributed by atoms with E-state index < -0.39 is 0 Å². The van der Waals surface area contributed by atoms with Gasteiger partial charge in [-0.1, -0.05) is 6.92 Å². The Morgan fingerprint density at radius 2 is 2.10 bits per heavy atom. The van der Waals surface area contributed by atoms with Crippen molar-refractivity contribution < 1.29 is 4.74 Å². The largest absolute Gasteiger partial charge is 0.381 e. The summed E-state index contributed by atoms with van der Waals surface area (Å²) in [6, 6.07) is 0. The zero-order valence-corrected chi connectivity index (χ0v) is 6.52. The van der Waals surface area contributed by atoms with Gasteiger partial charge in [0.15, 0.2) is 0 Å². The Morgan fingerprint density at radius 1 is 1.40 bits per heavy atom. The molecule has 1 N–H and O–H groups in total. The third kappa shape index (κ3) is 0.789. The molecule has 1 unspecified atom stereocenters. The lowest BCUT2D eigenvalue weighted by molar-refractivity contribution is -0.0227. The minimum atomic E-state index is 0.484. The SMILES string of the molecule is CC1CNC12CCOCC2. The average molecular weight is 141 g/mol. The maximum Gasteiger partial charge on any atom is 0.0483 e. The van der Waals surface area contributed by atoms with Gasteiger partial charge in [0, 0.05) is 18.8 Å². The fourth-order valence-corrected chi connectivity index (χ4v) is 2.00. The summed E-state index contributed by atoms with van der Waals surface area (Å²) in [6.07, 6.45) is 2.43. The second-order valence-electron chi connectivity index (χ2n) is 3.55. The Bertz CT molecular complexity index is 129. The van der Waals surface area contributed by atoms with Crippen molar-refractivity contribution in [1.29, 1.82) is 0 Å². The van der Waals surface area contributed by atoms with E-state index in [2.05, 4.69) is 12.2 Å². The van der Waals surface area contributed by atoms with Crippen molar-refractivity contribution in [3.8, 4) is 0 Å². The Kier molecular flexibility index (Phi) is 1.46. The van der Waals surface area contributed by atoms with Crippen LogP contribution in [0.15, 0.2) is 0 Å². The molecule has 0 radical (unpaired) electrons. The fourth-order valence-electron chi connectivity index (χ4n) is 2.00. The Labute approximate surface area is 61.9 Å². The van der Waals surface area contributed by atoms with Crippen LogP contribution in [-0.2, 0) is 4.74 Å². The molecule has 0 aromatic heterocycles. The number of nitrogens with one attached hydrogen (secondary N) is 1. The lowest BCUT2D eigenvalue weighted by Crippen LogP contribution is -2.66. The van der Waals surface area contributed by atoms with Crippen molar-refractivity contribution in [3.05, 3.63) is 0 Å². The van der Waals surface area contributed by atoms with Gasteiger partial charge in [-0.25, -0.2) is 0 Å². The van der Waals surface area contributed by atoms with Gasteiger partial charge >= 0.3 is 0 Å². The molecule has 2 aliphatic heterocycles. The smallest absolute Gasteiger partial charge is 0.0483 e. The van der Waals surface area contributed by atoms with Crippen LogP contribution in [0.4, 0.5) is 0 Å². The molecule has 0 bridgehead atoms. The summed E-state index contributed by atoms with van der Waals surface area (Å²) in [5, 5.41) is 3.53. The van der Waals surface area contributed by atoms with E-state index in [1.807, 2.05) is 0 Å². The minimum absolute atomic E-state index is 0.484. The van der Waals surface area contributed by atoms with Crippen molar-refractivity contribution >= 4 is 0 Å². The van der Waals surface area contributed by atoms with Crippen LogP contribution in [-0.4, -0.2) is 25.3 Å². The van der Waals surface area contributed by atoms with Crippen molar-refractivity contribution in [2.75, 3.05) is 19.8 Å². The van der Waals surface area contributed by atoms with Gasteiger partial charge < -0.3 is 10.1 Å². The van der Waals surface area contributed by atoms with Crippen LogP contribution in [0.1, 0.15) is 19.8 Å². The van der Waals surface area contributed by atoms with Crippen LogP contribution in [0.3, 0.4) is 0 Å². The van der Waals surface area contributed by atoms with E-state index in [0.29, 0.717) is 5.54 Å². The van der Waals surface area contributed by atoms with Gasteiger partial charge in [-0.05, 0) is 25.3 Å². The van der Waals surface area contributed by atoms with Gasteiger partial charge in [0.05, 0.1) is 0 Å². The van der Waals surface area contributed by atoms with E-state index >= 15 is 0 Å². The molecular weight excluding hydrogens is 126 g/mol. The highest BCUT2D eigenvalue weighted by atomic mass is 16.5. The molecule has 2 nitrogen and oxygen atoms in total. The first-order chi connectivity index (χ1) is 4.83. The highest BCUT2D eigenvalue weighted by Gasteiger charge is 2.44. The molecule has 0 aliphatic carbocycles. The molecule has 0 amide bonds.